The number of benzene rings is 1. The highest BCUT2D eigenvalue weighted by molar-refractivity contribution is 5.82. The SMILES string of the molecule is O=C1[C@H]2C[C@H](F)[C@H](C2)N1Cc1ccccc1. The zero-order valence-electron chi connectivity index (χ0n) is 8.97. The molecule has 1 saturated heterocycles. The van der Waals surface area contributed by atoms with Crippen molar-refractivity contribution in [2.45, 2.75) is 31.6 Å². The van der Waals surface area contributed by atoms with Crippen molar-refractivity contribution >= 4 is 5.91 Å². The van der Waals surface area contributed by atoms with Gasteiger partial charge in [0.1, 0.15) is 6.17 Å². The largest absolute Gasteiger partial charge is 0.332 e. The highest BCUT2D eigenvalue weighted by Crippen LogP contribution is 2.41. The van der Waals surface area contributed by atoms with Gasteiger partial charge in [0.2, 0.25) is 5.91 Å². The summed E-state index contributed by atoms with van der Waals surface area (Å²) < 4.78 is 13.6. The molecular formula is C13H14FNO. The Bertz CT molecular complexity index is 406. The second-order valence-corrected chi connectivity index (χ2v) is 4.70. The minimum atomic E-state index is -0.814. The van der Waals surface area contributed by atoms with Gasteiger partial charge in [-0.3, -0.25) is 4.79 Å². The molecule has 1 aromatic rings. The van der Waals surface area contributed by atoms with Crippen molar-refractivity contribution in [2.75, 3.05) is 0 Å². The summed E-state index contributed by atoms with van der Waals surface area (Å²) >= 11 is 0. The Morgan fingerprint density at radius 2 is 2.00 bits per heavy atom. The molecule has 0 unspecified atom stereocenters. The highest BCUT2D eigenvalue weighted by atomic mass is 19.1. The molecule has 0 N–H and O–H groups in total. The molecule has 3 rings (SSSR count). The number of nitrogens with zero attached hydrogens (tertiary/aromatic N) is 1. The van der Waals surface area contributed by atoms with Crippen LogP contribution in [-0.2, 0) is 11.3 Å². The highest BCUT2D eigenvalue weighted by Gasteiger charge is 2.50. The van der Waals surface area contributed by atoms with E-state index in [1.165, 1.54) is 0 Å². The average molecular weight is 219 g/mol. The fourth-order valence-electron chi connectivity index (χ4n) is 2.86. The maximum absolute atomic E-state index is 13.6. The number of rotatable bonds is 2. The lowest BCUT2D eigenvalue weighted by Gasteiger charge is -2.29. The Labute approximate surface area is 94.1 Å². The van der Waals surface area contributed by atoms with Crippen LogP contribution in [0.2, 0.25) is 0 Å². The van der Waals surface area contributed by atoms with E-state index in [1.807, 2.05) is 30.3 Å². The summed E-state index contributed by atoms with van der Waals surface area (Å²) in [4.78, 5) is 13.6. The van der Waals surface area contributed by atoms with Crippen LogP contribution in [0.15, 0.2) is 30.3 Å². The van der Waals surface area contributed by atoms with Crippen LogP contribution in [-0.4, -0.2) is 23.0 Å². The van der Waals surface area contributed by atoms with Crippen LogP contribution in [0.4, 0.5) is 4.39 Å². The second-order valence-electron chi connectivity index (χ2n) is 4.70. The van der Waals surface area contributed by atoms with E-state index in [2.05, 4.69) is 0 Å². The molecule has 84 valence electrons. The van der Waals surface area contributed by atoms with Gasteiger partial charge in [-0.2, -0.15) is 0 Å². The predicted octanol–water partition coefficient (Wildman–Crippen LogP) is 2.15. The molecule has 3 atom stereocenters. The monoisotopic (exact) mass is 219 g/mol. The summed E-state index contributed by atoms with van der Waals surface area (Å²) in [6.07, 6.45) is 0.341. The summed E-state index contributed by atoms with van der Waals surface area (Å²) in [5.41, 5.74) is 1.08. The fraction of sp³-hybridized carbons (Fsp3) is 0.462. The molecule has 2 bridgehead atoms. The Hall–Kier alpha value is -1.38. The van der Waals surface area contributed by atoms with Crippen LogP contribution < -0.4 is 0 Å². The van der Waals surface area contributed by atoms with Gasteiger partial charge in [-0.05, 0) is 18.4 Å². The molecule has 1 aliphatic carbocycles. The molecule has 0 aromatic heterocycles. The number of alkyl halides is 1. The maximum Gasteiger partial charge on any atom is 0.226 e. The zero-order valence-corrected chi connectivity index (χ0v) is 8.97. The van der Waals surface area contributed by atoms with Crippen LogP contribution in [0.25, 0.3) is 0 Å². The fourth-order valence-corrected chi connectivity index (χ4v) is 2.86. The van der Waals surface area contributed by atoms with E-state index >= 15 is 0 Å². The van der Waals surface area contributed by atoms with E-state index in [0.29, 0.717) is 19.4 Å². The Morgan fingerprint density at radius 3 is 2.69 bits per heavy atom. The number of piperidine rings is 1. The summed E-state index contributed by atoms with van der Waals surface area (Å²) in [6.45, 7) is 0.557. The van der Waals surface area contributed by atoms with Gasteiger partial charge in [0.05, 0.1) is 6.04 Å². The van der Waals surface area contributed by atoms with Crippen molar-refractivity contribution in [3.63, 3.8) is 0 Å². The van der Waals surface area contributed by atoms with E-state index in [9.17, 15) is 9.18 Å². The first-order valence-electron chi connectivity index (χ1n) is 5.74. The zero-order chi connectivity index (χ0) is 11.1. The first-order valence-corrected chi connectivity index (χ1v) is 5.74. The molecule has 1 saturated carbocycles. The third-order valence-electron chi connectivity index (χ3n) is 3.68. The minimum Gasteiger partial charge on any atom is -0.332 e. The molecule has 2 aliphatic rings. The third-order valence-corrected chi connectivity index (χ3v) is 3.68. The average Bonchev–Trinajstić information content (AvgIpc) is 2.80. The van der Waals surface area contributed by atoms with Crippen LogP contribution in [0, 0.1) is 5.92 Å². The first kappa shape index (κ1) is 9.82. The lowest BCUT2D eigenvalue weighted by atomic mass is 10.1. The normalized spacial score (nSPS) is 32.4. The van der Waals surface area contributed by atoms with Crippen molar-refractivity contribution in [3.05, 3.63) is 35.9 Å². The third kappa shape index (κ3) is 1.42. The lowest BCUT2D eigenvalue weighted by Crippen LogP contribution is -2.42. The molecular weight excluding hydrogens is 205 g/mol. The number of hydrogen-bond donors (Lipinski definition) is 0. The van der Waals surface area contributed by atoms with Gasteiger partial charge < -0.3 is 4.90 Å². The van der Waals surface area contributed by atoms with Crippen molar-refractivity contribution in [2.24, 2.45) is 5.92 Å². The van der Waals surface area contributed by atoms with Crippen molar-refractivity contribution in [1.82, 2.24) is 4.90 Å². The summed E-state index contributed by atoms with van der Waals surface area (Å²) in [5.74, 6) is 0.0893. The molecule has 0 spiro atoms. The molecule has 1 aliphatic heterocycles. The number of fused-ring (bicyclic) bond motifs is 2. The maximum atomic E-state index is 13.6. The van der Waals surface area contributed by atoms with Gasteiger partial charge in [-0.25, -0.2) is 4.39 Å². The van der Waals surface area contributed by atoms with Gasteiger partial charge in [-0.1, -0.05) is 30.3 Å². The van der Waals surface area contributed by atoms with Crippen LogP contribution in [0.3, 0.4) is 0 Å². The molecule has 16 heavy (non-hydrogen) atoms. The Balaban J connectivity index is 1.79. The van der Waals surface area contributed by atoms with Crippen LogP contribution >= 0.6 is 0 Å². The molecule has 2 fully saturated rings. The molecule has 3 heteroatoms. The standard InChI is InChI=1S/C13H14FNO/c14-11-6-10-7-12(11)15(13(10)16)8-9-4-2-1-3-5-9/h1-5,10-12H,6-8H2/t10-,11-,12-/m0/s1. The van der Waals surface area contributed by atoms with Gasteiger partial charge in [0.15, 0.2) is 0 Å². The number of halogens is 1. The summed E-state index contributed by atoms with van der Waals surface area (Å²) in [7, 11) is 0. The van der Waals surface area contributed by atoms with E-state index in [-0.39, 0.29) is 17.9 Å². The molecule has 2 nitrogen and oxygen atoms in total. The van der Waals surface area contributed by atoms with Gasteiger partial charge in [0.25, 0.3) is 0 Å². The number of carbonyl (C=O) groups excluding carboxylic acids is 1. The van der Waals surface area contributed by atoms with Crippen LogP contribution in [0.1, 0.15) is 18.4 Å². The molecule has 1 amide bonds. The summed E-state index contributed by atoms with van der Waals surface area (Å²) in [5, 5.41) is 0. The van der Waals surface area contributed by atoms with Gasteiger partial charge in [-0.15, -0.1) is 0 Å². The number of hydrogen-bond acceptors (Lipinski definition) is 1. The van der Waals surface area contributed by atoms with Gasteiger partial charge >= 0.3 is 0 Å². The van der Waals surface area contributed by atoms with Crippen LogP contribution in [0.5, 0.6) is 0 Å². The molecule has 1 heterocycles. The number of likely N-dealkylation sites (tertiary alicyclic amines) is 1. The Morgan fingerprint density at radius 1 is 1.25 bits per heavy atom. The van der Waals surface area contributed by atoms with E-state index in [0.717, 1.165) is 5.56 Å². The Kier molecular flexibility index (Phi) is 2.20. The van der Waals surface area contributed by atoms with Gasteiger partial charge in [0, 0.05) is 12.5 Å². The van der Waals surface area contributed by atoms with Crippen molar-refractivity contribution < 1.29 is 9.18 Å². The molecule has 0 radical (unpaired) electrons. The first-order chi connectivity index (χ1) is 7.75. The lowest BCUT2D eigenvalue weighted by molar-refractivity contribution is -0.136. The summed E-state index contributed by atoms with van der Waals surface area (Å²) in [6, 6.07) is 9.62. The number of carbonyl (C=O) groups is 1. The van der Waals surface area contributed by atoms with E-state index in [4.69, 9.17) is 0 Å². The van der Waals surface area contributed by atoms with E-state index < -0.39 is 6.17 Å². The second kappa shape index (κ2) is 3.58. The predicted molar refractivity (Wildman–Crippen MR) is 58.4 cm³/mol. The smallest absolute Gasteiger partial charge is 0.226 e. The van der Waals surface area contributed by atoms with Crippen molar-refractivity contribution in [3.8, 4) is 0 Å². The number of amides is 1. The topological polar surface area (TPSA) is 20.3 Å². The molecule has 1 aromatic carbocycles. The minimum absolute atomic E-state index is 0.0521. The van der Waals surface area contributed by atoms with Crippen molar-refractivity contribution in [1.29, 1.82) is 0 Å². The van der Waals surface area contributed by atoms with E-state index in [1.54, 1.807) is 4.90 Å². The quantitative estimate of drug-likeness (QED) is 0.746.